The average Bonchev–Trinajstić information content (AvgIpc) is 3.10. The van der Waals surface area contributed by atoms with Gasteiger partial charge in [0.2, 0.25) is 0 Å². The van der Waals surface area contributed by atoms with E-state index in [0.29, 0.717) is 31.7 Å². The molecule has 19 heavy (non-hydrogen) atoms. The van der Waals surface area contributed by atoms with Gasteiger partial charge in [0.25, 0.3) is 0 Å². The second-order valence-electron chi connectivity index (χ2n) is 5.84. The molecule has 1 saturated carbocycles. The summed E-state index contributed by atoms with van der Waals surface area (Å²) < 4.78 is 11.2. The van der Waals surface area contributed by atoms with Crippen LogP contribution in [0.5, 0.6) is 0 Å². The van der Waals surface area contributed by atoms with Crippen LogP contribution in [0.15, 0.2) is 0 Å². The number of hydrogen-bond donors (Lipinski definition) is 1. The zero-order chi connectivity index (χ0) is 13.9. The summed E-state index contributed by atoms with van der Waals surface area (Å²) >= 11 is 0. The second kappa shape index (κ2) is 6.09. The Morgan fingerprint density at radius 1 is 1.42 bits per heavy atom. The van der Waals surface area contributed by atoms with E-state index in [-0.39, 0.29) is 6.03 Å². The van der Waals surface area contributed by atoms with Crippen molar-refractivity contribution >= 4 is 6.03 Å². The lowest BCUT2D eigenvalue weighted by Gasteiger charge is -2.27. The fraction of sp³-hybridized carbons (Fsp3) is 0.929. The number of carbonyl (C=O) groups is 1. The number of nitrogens with one attached hydrogen (secondary N) is 1. The summed E-state index contributed by atoms with van der Waals surface area (Å²) in [4.78, 5) is 14.0. The first kappa shape index (κ1) is 14.6. The Bertz CT molecular complexity index is 312. The third-order valence-electron chi connectivity index (χ3n) is 3.81. The van der Waals surface area contributed by atoms with Gasteiger partial charge >= 0.3 is 6.03 Å². The molecular formula is C14H26N2O3. The van der Waals surface area contributed by atoms with Crippen molar-refractivity contribution in [2.24, 2.45) is 5.92 Å². The molecule has 2 amide bonds. The van der Waals surface area contributed by atoms with Crippen LogP contribution >= 0.6 is 0 Å². The van der Waals surface area contributed by atoms with E-state index in [2.05, 4.69) is 12.2 Å². The molecule has 2 rings (SSSR count). The van der Waals surface area contributed by atoms with Crippen LogP contribution in [0.1, 0.15) is 40.0 Å². The number of amides is 2. The van der Waals surface area contributed by atoms with Crippen LogP contribution in [0.2, 0.25) is 0 Å². The van der Waals surface area contributed by atoms with Gasteiger partial charge in [-0.2, -0.15) is 0 Å². The maximum absolute atomic E-state index is 12.0. The molecule has 110 valence electrons. The minimum absolute atomic E-state index is 0.0651. The van der Waals surface area contributed by atoms with Gasteiger partial charge in [-0.15, -0.1) is 0 Å². The summed E-state index contributed by atoms with van der Waals surface area (Å²) in [7, 11) is 0. The van der Waals surface area contributed by atoms with E-state index in [4.69, 9.17) is 9.47 Å². The van der Waals surface area contributed by atoms with E-state index in [0.717, 1.165) is 25.8 Å². The normalized spacial score (nSPS) is 23.1. The molecule has 1 aliphatic carbocycles. The van der Waals surface area contributed by atoms with Crippen LogP contribution < -0.4 is 5.32 Å². The van der Waals surface area contributed by atoms with Gasteiger partial charge in [-0.3, -0.25) is 0 Å². The van der Waals surface area contributed by atoms with Gasteiger partial charge in [-0.25, -0.2) is 4.79 Å². The van der Waals surface area contributed by atoms with Crippen LogP contribution in [0.25, 0.3) is 0 Å². The zero-order valence-electron chi connectivity index (χ0n) is 12.3. The highest BCUT2D eigenvalue weighted by Crippen LogP contribution is 2.27. The summed E-state index contributed by atoms with van der Waals surface area (Å²) in [5.74, 6) is -0.129. The van der Waals surface area contributed by atoms with Gasteiger partial charge in [-0.05, 0) is 32.6 Å². The number of ether oxygens (including phenoxy) is 2. The Kier molecular flexibility index (Phi) is 4.68. The Balaban J connectivity index is 1.70. The summed E-state index contributed by atoms with van der Waals surface area (Å²) in [6.45, 7) is 8.91. The predicted octanol–water partition coefficient (Wildman–Crippen LogP) is 1.97. The van der Waals surface area contributed by atoms with Crippen molar-refractivity contribution in [1.82, 2.24) is 10.2 Å². The third-order valence-corrected chi connectivity index (χ3v) is 3.81. The van der Waals surface area contributed by atoms with Gasteiger partial charge in [0.05, 0.1) is 13.2 Å². The number of rotatable bonds is 6. The fourth-order valence-corrected chi connectivity index (χ4v) is 2.70. The molecule has 0 bridgehead atoms. The molecule has 5 heteroatoms. The fourth-order valence-electron chi connectivity index (χ4n) is 2.70. The van der Waals surface area contributed by atoms with Gasteiger partial charge in [0, 0.05) is 25.6 Å². The van der Waals surface area contributed by atoms with Crippen LogP contribution in [0.4, 0.5) is 4.79 Å². The van der Waals surface area contributed by atoms with Crippen LogP contribution in [-0.2, 0) is 9.47 Å². The van der Waals surface area contributed by atoms with Crippen LogP contribution in [-0.4, -0.2) is 49.1 Å². The largest absolute Gasteiger partial charge is 0.348 e. The summed E-state index contributed by atoms with van der Waals surface area (Å²) in [6.07, 6.45) is 3.11. The van der Waals surface area contributed by atoms with E-state index < -0.39 is 5.79 Å². The van der Waals surface area contributed by atoms with Gasteiger partial charge in [0.1, 0.15) is 0 Å². The first-order chi connectivity index (χ1) is 9.04. The number of hydrogen-bond acceptors (Lipinski definition) is 3. The van der Waals surface area contributed by atoms with E-state index in [9.17, 15) is 4.79 Å². The lowest BCUT2D eigenvalue weighted by atomic mass is 10.0. The molecule has 1 N–H and O–H groups in total. The molecule has 1 atom stereocenters. The molecule has 1 saturated heterocycles. The van der Waals surface area contributed by atoms with Crippen molar-refractivity contribution in [3.63, 3.8) is 0 Å². The summed E-state index contributed by atoms with van der Waals surface area (Å²) in [5, 5.41) is 3.02. The van der Waals surface area contributed by atoms with Crippen molar-refractivity contribution in [3.8, 4) is 0 Å². The highest BCUT2D eigenvalue weighted by Gasteiger charge is 2.34. The topological polar surface area (TPSA) is 50.8 Å². The highest BCUT2D eigenvalue weighted by molar-refractivity contribution is 5.74. The van der Waals surface area contributed by atoms with Crippen molar-refractivity contribution in [1.29, 1.82) is 0 Å². The predicted molar refractivity (Wildman–Crippen MR) is 72.9 cm³/mol. The first-order valence-electron chi connectivity index (χ1n) is 7.36. The monoisotopic (exact) mass is 270 g/mol. The molecule has 1 heterocycles. The Morgan fingerprint density at radius 3 is 2.58 bits per heavy atom. The zero-order valence-corrected chi connectivity index (χ0v) is 12.3. The van der Waals surface area contributed by atoms with E-state index >= 15 is 0 Å². The Morgan fingerprint density at radius 2 is 2.05 bits per heavy atom. The minimum Gasteiger partial charge on any atom is -0.348 e. The molecule has 2 fully saturated rings. The molecule has 2 aliphatic rings. The highest BCUT2D eigenvalue weighted by atomic mass is 16.7. The van der Waals surface area contributed by atoms with E-state index in [1.807, 2.05) is 18.7 Å². The van der Waals surface area contributed by atoms with Crippen molar-refractivity contribution in [3.05, 3.63) is 0 Å². The molecule has 0 radical (unpaired) electrons. The molecule has 5 nitrogen and oxygen atoms in total. The maximum Gasteiger partial charge on any atom is 0.317 e. The number of carbonyl (C=O) groups excluding carboxylic acids is 1. The van der Waals surface area contributed by atoms with Crippen molar-refractivity contribution in [2.75, 3.05) is 26.3 Å². The van der Waals surface area contributed by atoms with Gasteiger partial charge in [-0.1, -0.05) is 6.92 Å². The Hall–Kier alpha value is -0.810. The summed E-state index contributed by atoms with van der Waals surface area (Å²) in [6, 6.07) is 0.537. The summed E-state index contributed by atoms with van der Waals surface area (Å²) in [5.41, 5.74) is 0. The lowest BCUT2D eigenvalue weighted by Crippen LogP contribution is -2.43. The molecule has 1 aliphatic heterocycles. The smallest absolute Gasteiger partial charge is 0.317 e. The van der Waals surface area contributed by atoms with Crippen LogP contribution in [0.3, 0.4) is 0 Å². The standard InChI is InChI=1S/C14H26N2O3/c1-4-16(12-5-6-12)13(17)15-10-11(2)9-14(3)18-7-8-19-14/h11-12H,4-10H2,1-3H3,(H,15,17). The quantitative estimate of drug-likeness (QED) is 0.803. The molecule has 0 aromatic rings. The first-order valence-corrected chi connectivity index (χ1v) is 7.36. The van der Waals surface area contributed by atoms with Crippen LogP contribution in [0, 0.1) is 5.92 Å². The lowest BCUT2D eigenvalue weighted by molar-refractivity contribution is -0.153. The number of nitrogens with zero attached hydrogens (tertiary/aromatic N) is 1. The molecular weight excluding hydrogens is 244 g/mol. The minimum atomic E-state index is -0.467. The molecule has 0 aromatic carbocycles. The Labute approximate surface area is 115 Å². The molecule has 1 unspecified atom stereocenters. The van der Waals surface area contributed by atoms with Crippen molar-refractivity contribution in [2.45, 2.75) is 51.9 Å². The molecule has 0 spiro atoms. The second-order valence-corrected chi connectivity index (χ2v) is 5.84. The number of urea groups is 1. The van der Waals surface area contributed by atoms with Gasteiger partial charge in [0.15, 0.2) is 5.79 Å². The SMILES string of the molecule is CCN(C(=O)NCC(C)CC1(C)OCCO1)C1CC1. The van der Waals surface area contributed by atoms with Crippen molar-refractivity contribution < 1.29 is 14.3 Å². The third kappa shape index (κ3) is 4.08. The maximum atomic E-state index is 12.0. The van der Waals surface area contributed by atoms with E-state index in [1.165, 1.54) is 0 Å². The average molecular weight is 270 g/mol. The van der Waals surface area contributed by atoms with E-state index in [1.54, 1.807) is 0 Å². The molecule has 0 aromatic heterocycles. The van der Waals surface area contributed by atoms with Gasteiger partial charge < -0.3 is 19.7 Å².